The number of esters is 1. The fraction of sp³-hybridized carbons (Fsp3) is 0.333. The number of aromatic nitrogens is 1. The average Bonchev–Trinajstić information content (AvgIpc) is 2.78. The Balaban J connectivity index is 1.69. The van der Waals surface area contributed by atoms with Crippen molar-refractivity contribution in [2.45, 2.75) is 52.8 Å². The number of ether oxygens (including phenoxy) is 2. The summed E-state index contributed by atoms with van der Waals surface area (Å²) in [6, 6.07) is 14.4. The summed E-state index contributed by atoms with van der Waals surface area (Å²) in [5.41, 5.74) is 4.25. The van der Waals surface area contributed by atoms with Crippen LogP contribution in [0.3, 0.4) is 0 Å². The van der Waals surface area contributed by atoms with Crippen LogP contribution in [0.4, 0.5) is 13.2 Å². The van der Waals surface area contributed by atoms with E-state index in [1.54, 1.807) is 13.0 Å². The maximum atomic E-state index is 12.8. The zero-order chi connectivity index (χ0) is 24.9. The van der Waals surface area contributed by atoms with Gasteiger partial charge in [-0.15, -0.1) is 0 Å². The SMILES string of the molecule is CCOC(=O)CCc1ccc(OC(C)c2ccc(-c3ccc(C(F)(F)F)cc3)nc2C)cc1C. The van der Waals surface area contributed by atoms with Gasteiger partial charge in [-0.1, -0.05) is 24.3 Å². The van der Waals surface area contributed by atoms with E-state index in [9.17, 15) is 18.0 Å². The van der Waals surface area contributed by atoms with E-state index >= 15 is 0 Å². The van der Waals surface area contributed by atoms with Gasteiger partial charge in [0.2, 0.25) is 0 Å². The standard InChI is InChI=1S/C27H28F3NO3/c1-5-33-26(32)15-9-20-8-12-23(16-17(20)2)34-19(4)24-13-14-25(31-18(24)3)21-6-10-22(11-7-21)27(28,29)30/h6-8,10-14,16,19H,5,9,15H2,1-4H3. The Morgan fingerprint density at radius 1 is 1.03 bits per heavy atom. The molecule has 2 aromatic carbocycles. The second-order valence-corrected chi connectivity index (χ2v) is 8.10. The molecule has 0 spiro atoms. The number of benzene rings is 2. The molecule has 0 bridgehead atoms. The van der Waals surface area contributed by atoms with Gasteiger partial charge in [0.05, 0.1) is 17.9 Å². The van der Waals surface area contributed by atoms with Crippen molar-refractivity contribution in [3.8, 4) is 17.0 Å². The summed E-state index contributed by atoms with van der Waals surface area (Å²) in [5, 5.41) is 0. The lowest BCUT2D eigenvalue weighted by Crippen LogP contribution is -2.08. The molecule has 0 aliphatic heterocycles. The number of halogens is 3. The number of aryl methyl sites for hydroxylation is 3. The molecule has 7 heteroatoms. The van der Waals surface area contributed by atoms with Crippen molar-refractivity contribution in [2.24, 2.45) is 0 Å². The van der Waals surface area contributed by atoms with Crippen LogP contribution in [0, 0.1) is 13.8 Å². The zero-order valence-corrected chi connectivity index (χ0v) is 19.7. The fourth-order valence-corrected chi connectivity index (χ4v) is 3.75. The highest BCUT2D eigenvalue weighted by Crippen LogP contribution is 2.31. The first kappa shape index (κ1) is 25.3. The molecule has 180 valence electrons. The Bertz CT molecular complexity index is 1140. The van der Waals surface area contributed by atoms with Gasteiger partial charge in [-0.3, -0.25) is 9.78 Å². The van der Waals surface area contributed by atoms with Gasteiger partial charge >= 0.3 is 12.1 Å². The van der Waals surface area contributed by atoms with E-state index in [2.05, 4.69) is 4.98 Å². The Morgan fingerprint density at radius 3 is 2.32 bits per heavy atom. The van der Waals surface area contributed by atoms with Gasteiger partial charge in [0.1, 0.15) is 11.9 Å². The van der Waals surface area contributed by atoms with Crippen molar-refractivity contribution < 1.29 is 27.4 Å². The van der Waals surface area contributed by atoms with Crippen LogP contribution in [-0.4, -0.2) is 17.6 Å². The summed E-state index contributed by atoms with van der Waals surface area (Å²) >= 11 is 0. The lowest BCUT2D eigenvalue weighted by molar-refractivity contribution is -0.143. The molecular weight excluding hydrogens is 443 g/mol. The van der Waals surface area contributed by atoms with E-state index in [0.717, 1.165) is 34.5 Å². The number of pyridine rings is 1. The third kappa shape index (κ3) is 6.37. The number of hydrogen-bond acceptors (Lipinski definition) is 4. The van der Waals surface area contributed by atoms with Crippen LogP contribution in [-0.2, 0) is 22.1 Å². The average molecular weight is 472 g/mol. The highest BCUT2D eigenvalue weighted by Gasteiger charge is 2.30. The Morgan fingerprint density at radius 2 is 1.74 bits per heavy atom. The minimum absolute atomic E-state index is 0.210. The molecule has 0 aliphatic rings. The van der Waals surface area contributed by atoms with Gasteiger partial charge in [0, 0.05) is 23.2 Å². The van der Waals surface area contributed by atoms with Gasteiger partial charge in [-0.2, -0.15) is 13.2 Å². The summed E-state index contributed by atoms with van der Waals surface area (Å²) in [5.74, 6) is 0.495. The summed E-state index contributed by atoms with van der Waals surface area (Å²) in [7, 11) is 0. The first-order chi connectivity index (χ1) is 16.1. The first-order valence-electron chi connectivity index (χ1n) is 11.2. The van der Waals surface area contributed by atoms with Gasteiger partial charge in [0.25, 0.3) is 0 Å². The van der Waals surface area contributed by atoms with E-state index < -0.39 is 11.7 Å². The highest BCUT2D eigenvalue weighted by atomic mass is 19.4. The van der Waals surface area contributed by atoms with Gasteiger partial charge < -0.3 is 9.47 Å². The minimum Gasteiger partial charge on any atom is -0.486 e. The molecule has 1 aromatic heterocycles. The minimum atomic E-state index is -4.37. The lowest BCUT2D eigenvalue weighted by Gasteiger charge is -2.18. The van der Waals surface area contributed by atoms with Crippen molar-refractivity contribution in [3.05, 3.63) is 82.5 Å². The summed E-state index contributed by atoms with van der Waals surface area (Å²) in [4.78, 5) is 16.2. The number of hydrogen-bond donors (Lipinski definition) is 0. The molecule has 3 rings (SSSR count). The molecule has 3 aromatic rings. The molecule has 0 saturated carbocycles. The molecule has 1 heterocycles. The lowest BCUT2D eigenvalue weighted by atomic mass is 10.0. The van der Waals surface area contributed by atoms with Crippen molar-refractivity contribution in [2.75, 3.05) is 6.61 Å². The molecule has 34 heavy (non-hydrogen) atoms. The predicted octanol–water partition coefficient (Wildman–Crippen LogP) is 7.02. The number of carbonyl (C=O) groups is 1. The number of rotatable bonds is 8. The Labute approximate surface area is 197 Å². The monoisotopic (exact) mass is 471 g/mol. The summed E-state index contributed by atoms with van der Waals surface area (Å²) in [6.45, 7) is 7.92. The largest absolute Gasteiger partial charge is 0.486 e. The van der Waals surface area contributed by atoms with Gasteiger partial charge in [0.15, 0.2) is 0 Å². The molecular formula is C27H28F3NO3. The van der Waals surface area contributed by atoms with Crippen LogP contribution >= 0.6 is 0 Å². The second-order valence-electron chi connectivity index (χ2n) is 8.10. The number of nitrogens with zero attached hydrogens (tertiary/aromatic N) is 1. The molecule has 0 aliphatic carbocycles. The number of alkyl halides is 3. The smallest absolute Gasteiger partial charge is 0.416 e. The van der Waals surface area contributed by atoms with Gasteiger partial charge in [-0.25, -0.2) is 0 Å². The molecule has 0 saturated heterocycles. The zero-order valence-electron chi connectivity index (χ0n) is 19.7. The van der Waals surface area contributed by atoms with E-state index in [0.29, 0.717) is 36.5 Å². The summed E-state index contributed by atoms with van der Waals surface area (Å²) in [6.07, 6.45) is -3.70. The summed E-state index contributed by atoms with van der Waals surface area (Å²) < 4.78 is 49.5. The Kier molecular flexibility index (Phi) is 7.97. The van der Waals surface area contributed by atoms with Crippen molar-refractivity contribution in [3.63, 3.8) is 0 Å². The van der Waals surface area contributed by atoms with E-state index in [1.165, 1.54) is 12.1 Å². The first-order valence-corrected chi connectivity index (χ1v) is 11.2. The molecule has 0 radical (unpaired) electrons. The van der Waals surface area contributed by atoms with E-state index in [-0.39, 0.29) is 12.1 Å². The second kappa shape index (κ2) is 10.7. The molecule has 1 atom stereocenters. The highest BCUT2D eigenvalue weighted by molar-refractivity contribution is 5.69. The maximum absolute atomic E-state index is 12.8. The van der Waals surface area contributed by atoms with E-state index in [1.807, 2.05) is 45.0 Å². The predicted molar refractivity (Wildman–Crippen MR) is 125 cm³/mol. The molecule has 0 N–H and O–H groups in total. The van der Waals surface area contributed by atoms with Crippen molar-refractivity contribution in [1.29, 1.82) is 0 Å². The number of carbonyl (C=O) groups excluding carboxylic acids is 1. The van der Waals surface area contributed by atoms with Crippen molar-refractivity contribution in [1.82, 2.24) is 4.98 Å². The van der Waals surface area contributed by atoms with Crippen molar-refractivity contribution >= 4 is 5.97 Å². The molecule has 0 fully saturated rings. The molecule has 4 nitrogen and oxygen atoms in total. The van der Waals surface area contributed by atoms with Crippen LogP contribution in [0.5, 0.6) is 5.75 Å². The fourth-order valence-electron chi connectivity index (χ4n) is 3.75. The normalized spacial score (nSPS) is 12.3. The van der Waals surface area contributed by atoms with Crippen LogP contribution in [0.1, 0.15) is 54.3 Å². The quantitative estimate of drug-likeness (QED) is 0.331. The van der Waals surface area contributed by atoms with Crippen LogP contribution in [0.2, 0.25) is 0 Å². The van der Waals surface area contributed by atoms with E-state index in [4.69, 9.17) is 9.47 Å². The third-order valence-corrected chi connectivity index (χ3v) is 5.60. The molecule has 1 unspecified atom stereocenters. The van der Waals surface area contributed by atoms with Crippen LogP contribution in [0.15, 0.2) is 54.6 Å². The van der Waals surface area contributed by atoms with Crippen LogP contribution < -0.4 is 4.74 Å². The third-order valence-electron chi connectivity index (χ3n) is 5.60. The topological polar surface area (TPSA) is 48.4 Å². The Hall–Kier alpha value is -3.35. The maximum Gasteiger partial charge on any atom is 0.416 e. The van der Waals surface area contributed by atoms with Gasteiger partial charge in [-0.05, 0) is 75.6 Å². The van der Waals surface area contributed by atoms with Crippen LogP contribution in [0.25, 0.3) is 11.3 Å². The molecule has 0 amide bonds.